The van der Waals surface area contributed by atoms with E-state index in [1.54, 1.807) is 23.5 Å². The summed E-state index contributed by atoms with van der Waals surface area (Å²) in [5.41, 5.74) is 3.92. The van der Waals surface area contributed by atoms with Gasteiger partial charge in [-0.15, -0.1) is 23.1 Å². The van der Waals surface area contributed by atoms with E-state index in [1.807, 2.05) is 66.0 Å². The topological polar surface area (TPSA) is 74.0 Å². The Morgan fingerprint density at radius 2 is 1.88 bits per heavy atom. The fourth-order valence-electron chi connectivity index (χ4n) is 3.39. The van der Waals surface area contributed by atoms with Gasteiger partial charge in [-0.3, -0.25) is 4.21 Å². The van der Waals surface area contributed by atoms with E-state index in [2.05, 4.69) is 6.07 Å². The summed E-state index contributed by atoms with van der Waals surface area (Å²) in [6, 6.07) is 25.2. The van der Waals surface area contributed by atoms with Crippen LogP contribution in [0.2, 0.25) is 5.02 Å². The maximum atomic E-state index is 12.5. The number of aromatic nitrogens is 1. The molecule has 2 atom stereocenters. The molecule has 0 unspecified atom stereocenters. The van der Waals surface area contributed by atoms with Crippen LogP contribution in [0.4, 0.5) is 0 Å². The Kier molecular flexibility index (Phi) is 8.54. The Balaban J connectivity index is 1.52. The molecule has 0 aliphatic rings. The van der Waals surface area contributed by atoms with Crippen LogP contribution in [-0.2, 0) is 16.6 Å². The van der Waals surface area contributed by atoms with Crippen molar-refractivity contribution in [3.8, 4) is 27.8 Å². The molecule has 0 saturated heterocycles. The van der Waals surface area contributed by atoms with Crippen molar-refractivity contribution in [3.63, 3.8) is 0 Å². The number of thiophene rings is 1. The molecule has 0 aliphatic carbocycles. The Morgan fingerprint density at radius 3 is 2.56 bits per heavy atom. The number of thioether (sulfide) groups is 1. The number of hydrogen-bond donors (Lipinski definition) is 1. The predicted octanol–water partition coefficient (Wildman–Crippen LogP) is 6.40. The lowest BCUT2D eigenvalue weighted by Crippen LogP contribution is -2.20. The second-order valence-corrected chi connectivity index (χ2v) is 11.4. The van der Waals surface area contributed by atoms with Crippen LogP contribution in [0.15, 0.2) is 83.2 Å². The largest absolute Gasteiger partial charge is 0.391 e. The number of rotatable bonds is 9. The Morgan fingerprint density at radius 1 is 1.12 bits per heavy atom. The summed E-state index contributed by atoms with van der Waals surface area (Å²) in [5, 5.41) is 23.7. The molecule has 172 valence electrons. The van der Waals surface area contributed by atoms with E-state index in [4.69, 9.17) is 16.6 Å². The first-order valence-electron chi connectivity index (χ1n) is 10.5. The smallest absolute Gasteiger partial charge is 0.115 e. The van der Waals surface area contributed by atoms with E-state index in [9.17, 15) is 14.6 Å². The molecule has 0 amide bonds. The zero-order chi connectivity index (χ0) is 23.9. The standard InChI is InChI=1S/C26H21ClN2O2S3/c27-20-10-8-18(9-11-20)16-34(31)17-21(30)15-33-26-23(14-28)22(19-5-2-1-3-6-19)13-24(29-26)25-7-4-12-32-25/h1-13,21,30H,15-17H2/t21-,34+/m1/s1. The Hall–Kier alpha value is -2.47. The molecule has 8 heteroatoms. The third-order valence-corrected chi connectivity index (χ3v) is 8.66. The normalized spacial score (nSPS) is 12.7. The van der Waals surface area contributed by atoms with Gasteiger partial charge in [0, 0.05) is 32.9 Å². The van der Waals surface area contributed by atoms with Gasteiger partial charge in [-0.25, -0.2) is 4.98 Å². The SMILES string of the molecule is N#Cc1c(-c2ccccc2)cc(-c2cccs2)nc1SC[C@@H](O)C[S@@](=O)Cc1ccc(Cl)cc1. The molecule has 0 saturated carbocycles. The van der Waals surface area contributed by atoms with Crippen LogP contribution < -0.4 is 0 Å². The highest BCUT2D eigenvalue weighted by atomic mass is 35.5. The van der Waals surface area contributed by atoms with Crippen LogP contribution in [0.1, 0.15) is 11.1 Å². The van der Waals surface area contributed by atoms with Gasteiger partial charge in [0.15, 0.2) is 0 Å². The minimum atomic E-state index is -1.23. The van der Waals surface area contributed by atoms with Crippen LogP contribution >= 0.6 is 34.7 Å². The summed E-state index contributed by atoms with van der Waals surface area (Å²) in [6.07, 6.45) is -0.794. The van der Waals surface area contributed by atoms with E-state index < -0.39 is 16.9 Å². The number of nitrogens with zero attached hydrogens (tertiary/aromatic N) is 2. The molecular formula is C26H21ClN2O2S3. The van der Waals surface area contributed by atoms with Crippen molar-refractivity contribution in [2.75, 3.05) is 11.5 Å². The van der Waals surface area contributed by atoms with E-state index in [0.29, 0.717) is 21.4 Å². The lowest BCUT2D eigenvalue weighted by Gasteiger charge is -2.14. The van der Waals surface area contributed by atoms with Gasteiger partial charge in [0.2, 0.25) is 0 Å². The van der Waals surface area contributed by atoms with Crippen LogP contribution in [-0.4, -0.2) is 31.9 Å². The zero-order valence-electron chi connectivity index (χ0n) is 18.1. The van der Waals surface area contributed by atoms with Gasteiger partial charge in [0.1, 0.15) is 11.1 Å². The van der Waals surface area contributed by atoms with E-state index in [-0.39, 0.29) is 11.5 Å². The van der Waals surface area contributed by atoms with Gasteiger partial charge < -0.3 is 5.11 Å². The fourth-order valence-corrected chi connectivity index (χ4v) is 6.51. The molecule has 4 rings (SSSR count). The lowest BCUT2D eigenvalue weighted by atomic mass is 10.0. The summed E-state index contributed by atoms with van der Waals surface area (Å²) in [4.78, 5) is 5.76. The van der Waals surface area contributed by atoms with Crippen molar-refractivity contribution in [3.05, 3.63) is 94.3 Å². The van der Waals surface area contributed by atoms with E-state index in [1.165, 1.54) is 11.8 Å². The maximum Gasteiger partial charge on any atom is 0.115 e. The second-order valence-electron chi connectivity index (χ2n) is 7.53. The molecular weight excluding hydrogens is 504 g/mol. The molecule has 2 heterocycles. The number of aliphatic hydroxyl groups is 1. The number of benzene rings is 2. The summed E-state index contributed by atoms with van der Waals surface area (Å²) in [5.74, 6) is 0.788. The van der Waals surface area contributed by atoms with Crippen LogP contribution in [0, 0.1) is 11.3 Å². The Bertz CT molecular complexity index is 1300. The van der Waals surface area contributed by atoms with Gasteiger partial charge in [-0.1, -0.05) is 60.1 Å². The van der Waals surface area contributed by atoms with Crippen molar-refractivity contribution in [2.45, 2.75) is 16.9 Å². The van der Waals surface area contributed by atoms with Crippen LogP contribution in [0.5, 0.6) is 0 Å². The zero-order valence-corrected chi connectivity index (χ0v) is 21.3. The summed E-state index contributed by atoms with van der Waals surface area (Å²) < 4.78 is 12.5. The molecule has 0 radical (unpaired) electrons. The quantitative estimate of drug-likeness (QED) is 0.256. The van der Waals surface area contributed by atoms with Crippen molar-refractivity contribution in [1.82, 2.24) is 4.98 Å². The number of nitriles is 1. The molecule has 1 N–H and O–H groups in total. The van der Waals surface area contributed by atoms with Crippen molar-refractivity contribution < 1.29 is 9.32 Å². The van der Waals surface area contributed by atoms with Gasteiger partial charge in [0.05, 0.1) is 28.0 Å². The molecule has 2 aromatic carbocycles. The maximum absolute atomic E-state index is 12.5. The average Bonchev–Trinajstić information content (AvgIpc) is 3.39. The second kappa shape index (κ2) is 11.8. The van der Waals surface area contributed by atoms with Gasteiger partial charge in [-0.2, -0.15) is 5.26 Å². The number of pyridine rings is 1. The lowest BCUT2D eigenvalue weighted by molar-refractivity contribution is 0.224. The summed E-state index contributed by atoms with van der Waals surface area (Å²) in [7, 11) is -1.23. The van der Waals surface area contributed by atoms with Crippen LogP contribution in [0.3, 0.4) is 0 Å². The first-order valence-corrected chi connectivity index (χ1v) is 14.2. The highest BCUT2D eigenvalue weighted by Gasteiger charge is 2.18. The highest BCUT2D eigenvalue weighted by molar-refractivity contribution is 7.99. The van der Waals surface area contributed by atoms with Gasteiger partial charge in [0.25, 0.3) is 0 Å². The molecule has 2 aromatic heterocycles. The van der Waals surface area contributed by atoms with Crippen molar-refractivity contribution in [1.29, 1.82) is 5.26 Å². The molecule has 0 spiro atoms. The first-order chi connectivity index (χ1) is 16.5. The molecule has 0 fully saturated rings. The number of hydrogen-bond acceptors (Lipinski definition) is 6. The number of halogens is 1. The highest BCUT2D eigenvalue weighted by Crippen LogP contribution is 2.35. The third kappa shape index (κ3) is 6.35. The molecule has 34 heavy (non-hydrogen) atoms. The van der Waals surface area contributed by atoms with Gasteiger partial charge in [-0.05, 0) is 40.8 Å². The first kappa shape index (κ1) is 24.6. The van der Waals surface area contributed by atoms with Crippen molar-refractivity contribution >= 4 is 45.5 Å². The summed E-state index contributed by atoms with van der Waals surface area (Å²) in [6.45, 7) is 0. The molecule has 0 bridgehead atoms. The molecule has 0 aliphatic heterocycles. The van der Waals surface area contributed by atoms with Crippen LogP contribution in [0.25, 0.3) is 21.7 Å². The minimum absolute atomic E-state index is 0.146. The molecule has 4 aromatic rings. The van der Waals surface area contributed by atoms with Crippen molar-refractivity contribution in [2.24, 2.45) is 0 Å². The number of aliphatic hydroxyl groups excluding tert-OH is 1. The minimum Gasteiger partial charge on any atom is -0.391 e. The Labute approximate surface area is 214 Å². The van der Waals surface area contributed by atoms with E-state index >= 15 is 0 Å². The predicted molar refractivity (Wildman–Crippen MR) is 143 cm³/mol. The molecule has 4 nitrogen and oxygen atoms in total. The monoisotopic (exact) mass is 524 g/mol. The summed E-state index contributed by atoms with van der Waals surface area (Å²) >= 11 is 8.81. The average molecular weight is 525 g/mol. The fraction of sp³-hybridized carbons (Fsp3) is 0.154. The third-order valence-electron chi connectivity index (χ3n) is 4.99. The van der Waals surface area contributed by atoms with E-state index in [0.717, 1.165) is 27.3 Å². The van der Waals surface area contributed by atoms with Gasteiger partial charge >= 0.3 is 0 Å².